The van der Waals surface area contributed by atoms with Crippen molar-refractivity contribution in [3.8, 4) is 0 Å². The van der Waals surface area contributed by atoms with Crippen molar-refractivity contribution in [3.05, 3.63) is 23.5 Å². The number of hydrogen-bond acceptors (Lipinski definition) is 4. The Balaban J connectivity index is 3.41. The summed E-state index contributed by atoms with van der Waals surface area (Å²) in [5.41, 5.74) is 0.247. The maximum atomic E-state index is 11.6. The topological polar surface area (TPSA) is 57.5 Å². The zero-order valence-corrected chi connectivity index (χ0v) is 10.7. The third-order valence-corrected chi connectivity index (χ3v) is 2.34. The van der Waals surface area contributed by atoms with Crippen LogP contribution in [0.2, 0.25) is 0 Å². The molecule has 1 aromatic heterocycles. The van der Waals surface area contributed by atoms with Crippen molar-refractivity contribution < 1.29 is 19.1 Å². The van der Waals surface area contributed by atoms with E-state index in [0.29, 0.717) is 11.4 Å². The second-order valence-corrected chi connectivity index (χ2v) is 4.59. The van der Waals surface area contributed by atoms with Gasteiger partial charge in [0.05, 0.1) is 14.2 Å². The molecule has 0 atom stereocenters. The van der Waals surface area contributed by atoms with Gasteiger partial charge in [0.2, 0.25) is 0 Å². The molecule has 0 aliphatic carbocycles. The molecule has 0 aromatic carbocycles. The highest BCUT2D eigenvalue weighted by molar-refractivity contribution is 5.93. The standard InChI is InChI=1S/C12H17NO4/c1-12(2,3)13-8(10(14)16-4)6-7-9(13)11(15)17-5/h6-7H,1-5H3. The number of methoxy groups -OCH3 is 2. The fourth-order valence-corrected chi connectivity index (χ4v) is 1.69. The Morgan fingerprint density at radius 3 is 1.59 bits per heavy atom. The van der Waals surface area contributed by atoms with E-state index in [0.717, 1.165) is 0 Å². The van der Waals surface area contributed by atoms with Crippen LogP contribution in [0, 0.1) is 0 Å². The van der Waals surface area contributed by atoms with Gasteiger partial charge < -0.3 is 14.0 Å². The number of ether oxygens (including phenoxy) is 2. The minimum atomic E-state index is -0.477. The highest BCUT2D eigenvalue weighted by Crippen LogP contribution is 2.23. The van der Waals surface area contributed by atoms with Gasteiger partial charge in [-0.05, 0) is 32.9 Å². The molecule has 0 fully saturated rings. The monoisotopic (exact) mass is 239 g/mol. The van der Waals surface area contributed by atoms with E-state index in [1.54, 1.807) is 16.7 Å². The molecule has 0 radical (unpaired) electrons. The van der Waals surface area contributed by atoms with E-state index in [9.17, 15) is 9.59 Å². The SMILES string of the molecule is COC(=O)c1ccc(C(=O)OC)n1C(C)(C)C. The lowest BCUT2D eigenvalue weighted by atomic mass is 10.1. The lowest BCUT2D eigenvalue weighted by Crippen LogP contribution is -2.29. The van der Waals surface area contributed by atoms with Crippen LogP contribution in [-0.2, 0) is 15.0 Å². The van der Waals surface area contributed by atoms with Gasteiger partial charge in [-0.2, -0.15) is 0 Å². The average molecular weight is 239 g/mol. The van der Waals surface area contributed by atoms with Gasteiger partial charge in [-0.3, -0.25) is 0 Å². The first-order valence-corrected chi connectivity index (χ1v) is 5.21. The van der Waals surface area contributed by atoms with E-state index in [1.165, 1.54) is 14.2 Å². The summed E-state index contributed by atoms with van der Waals surface area (Å²) in [4.78, 5) is 23.2. The maximum Gasteiger partial charge on any atom is 0.354 e. The molecule has 5 heteroatoms. The van der Waals surface area contributed by atoms with Crippen LogP contribution in [-0.4, -0.2) is 30.7 Å². The van der Waals surface area contributed by atoms with Crippen LogP contribution in [0.3, 0.4) is 0 Å². The van der Waals surface area contributed by atoms with Crippen LogP contribution in [0.25, 0.3) is 0 Å². The lowest BCUT2D eigenvalue weighted by molar-refractivity contribution is 0.0564. The molecule has 0 bridgehead atoms. The first-order valence-electron chi connectivity index (χ1n) is 5.21. The quantitative estimate of drug-likeness (QED) is 0.739. The normalized spacial score (nSPS) is 11.1. The van der Waals surface area contributed by atoms with Gasteiger partial charge in [0.25, 0.3) is 0 Å². The first-order chi connectivity index (χ1) is 7.82. The van der Waals surface area contributed by atoms with Gasteiger partial charge >= 0.3 is 11.9 Å². The van der Waals surface area contributed by atoms with Gasteiger partial charge in [0.15, 0.2) is 0 Å². The van der Waals surface area contributed by atoms with Crippen LogP contribution >= 0.6 is 0 Å². The van der Waals surface area contributed by atoms with Crippen LogP contribution in [0.1, 0.15) is 41.7 Å². The van der Waals surface area contributed by atoms with Crippen LogP contribution < -0.4 is 0 Å². The molecule has 5 nitrogen and oxygen atoms in total. The fourth-order valence-electron chi connectivity index (χ4n) is 1.69. The third-order valence-electron chi connectivity index (χ3n) is 2.34. The minimum Gasteiger partial charge on any atom is -0.464 e. The molecule has 94 valence electrons. The van der Waals surface area contributed by atoms with E-state index >= 15 is 0 Å². The Hall–Kier alpha value is -1.78. The van der Waals surface area contributed by atoms with Crippen molar-refractivity contribution in [2.24, 2.45) is 0 Å². The summed E-state index contributed by atoms with van der Waals surface area (Å²) in [6.45, 7) is 5.68. The molecule has 0 aliphatic heterocycles. The van der Waals surface area contributed by atoms with E-state index in [-0.39, 0.29) is 0 Å². The minimum absolute atomic E-state index is 0.334. The second kappa shape index (κ2) is 4.61. The number of carbonyl (C=O) groups is 2. The van der Waals surface area contributed by atoms with E-state index in [4.69, 9.17) is 0 Å². The van der Waals surface area contributed by atoms with E-state index in [1.807, 2.05) is 20.8 Å². The second-order valence-electron chi connectivity index (χ2n) is 4.59. The predicted molar refractivity (Wildman–Crippen MR) is 62.1 cm³/mol. The number of esters is 2. The molecule has 0 aliphatic rings. The fraction of sp³-hybridized carbons (Fsp3) is 0.500. The van der Waals surface area contributed by atoms with Crippen molar-refractivity contribution in [1.29, 1.82) is 0 Å². The molecule has 0 amide bonds. The molecule has 0 unspecified atom stereocenters. The molecule has 0 saturated carbocycles. The summed E-state index contributed by atoms with van der Waals surface area (Å²) in [5.74, 6) is -0.954. The van der Waals surface area contributed by atoms with Gasteiger partial charge in [-0.25, -0.2) is 9.59 Å². The Kier molecular flexibility index (Phi) is 3.60. The van der Waals surface area contributed by atoms with Crippen LogP contribution in [0.4, 0.5) is 0 Å². The lowest BCUT2D eigenvalue weighted by Gasteiger charge is -2.25. The highest BCUT2D eigenvalue weighted by Gasteiger charge is 2.27. The Bertz CT molecular complexity index is 406. The molecule has 0 saturated heterocycles. The zero-order chi connectivity index (χ0) is 13.2. The van der Waals surface area contributed by atoms with Crippen molar-refractivity contribution in [2.75, 3.05) is 14.2 Å². The van der Waals surface area contributed by atoms with Gasteiger partial charge in [0, 0.05) is 5.54 Å². The maximum absolute atomic E-state index is 11.6. The van der Waals surface area contributed by atoms with Gasteiger partial charge in [-0.15, -0.1) is 0 Å². The molecule has 0 spiro atoms. The number of aromatic nitrogens is 1. The Morgan fingerprint density at radius 1 is 1.00 bits per heavy atom. The number of carbonyl (C=O) groups excluding carboxylic acids is 2. The highest BCUT2D eigenvalue weighted by atomic mass is 16.5. The summed E-state index contributed by atoms with van der Waals surface area (Å²) in [7, 11) is 2.61. The molecular weight excluding hydrogens is 222 g/mol. The summed E-state index contributed by atoms with van der Waals surface area (Å²) < 4.78 is 11.0. The number of nitrogens with zero attached hydrogens (tertiary/aromatic N) is 1. The zero-order valence-electron chi connectivity index (χ0n) is 10.7. The molecule has 1 heterocycles. The Morgan fingerprint density at radius 2 is 1.35 bits per heavy atom. The molecule has 0 N–H and O–H groups in total. The summed E-state index contributed by atoms with van der Waals surface area (Å²) in [5, 5.41) is 0. The number of hydrogen-bond donors (Lipinski definition) is 0. The van der Waals surface area contributed by atoms with Crippen LogP contribution in [0.5, 0.6) is 0 Å². The average Bonchev–Trinajstić information content (AvgIpc) is 2.71. The summed E-state index contributed by atoms with van der Waals surface area (Å²) in [6, 6.07) is 3.12. The van der Waals surface area contributed by atoms with Gasteiger partial charge in [0.1, 0.15) is 11.4 Å². The third kappa shape index (κ3) is 2.49. The van der Waals surface area contributed by atoms with Crippen molar-refractivity contribution in [1.82, 2.24) is 4.57 Å². The van der Waals surface area contributed by atoms with Crippen molar-refractivity contribution in [2.45, 2.75) is 26.3 Å². The van der Waals surface area contributed by atoms with E-state index in [2.05, 4.69) is 9.47 Å². The molecular formula is C12H17NO4. The smallest absolute Gasteiger partial charge is 0.354 e. The molecule has 1 rings (SSSR count). The van der Waals surface area contributed by atoms with Crippen molar-refractivity contribution in [3.63, 3.8) is 0 Å². The number of rotatable bonds is 2. The first kappa shape index (κ1) is 13.3. The largest absolute Gasteiger partial charge is 0.464 e. The van der Waals surface area contributed by atoms with Crippen LogP contribution in [0.15, 0.2) is 12.1 Å². The van der Waals surface area contributed by atoms with E-state index < -0.39 is 17.5 Å². The summed E-state index contributed by atoms with van der Waals surface area (Å²) >= 11 is 0. The van der Waals surface area contributed by atoms with Gasteiger partial charge in [-0.1, -0.05) is 0 Å². The molecule has 1 aromatic rings. The Labute approximate surface area is 100 Å². The molecule has 17 heavy (non-hydrogen) atoms. The summed E-state index contributed by atoms with van der Waals surface area (Å²) in [6.07, 6.45) is 0. The predicted octanol–water partition coefficient (Wildman–Crippen LogP) is 1.82. The van der Waals surface area contributed by atoms with Crippen molar-refractivity contribution >= 4 is 11.9 Å².